The predicted molar refractivity (Wildman–Crippen MR) is 69.6 cm³/mol. The van der Waals surface area contributed by atoms with E-state index in [1.807, 2.05) is 50.2 Å². The van der Waals surface area contributed by atoms with Gasteiger partial charge in [-0.1, -0.05) is 18.2 Å². The van der Waals surface area contributed by atoms with E-state index in [9.17, 15) is 5.11 Å². The number of hydrogen-bond donors (Lipinski definition) is 1. The normalized spacial score (nSPS) is 10.3. The Hall–Kier alpha value is -1.96. The van der Waals surface area contributed by atoms with Crippen molar-refractivity contribution >= 4 is 0 Å². The number of ether oxygens (including phenoxy) is 1. The Morgan fingerprint density at radius 3 is 2.18 bits per heavy atom. The molecule has 2 aromatic rings. The second kappa shape index (κ2) is 4.50. The molecule has 0 aromatic heterocycles. The van der Waals surface area contributed by atoms with Crippen LogP contribution in [0.25, 0.3) is 11.1 Å². The van der Waals surface area contributed by atoms with Gasteiger partial charge in [0.2, 0.25) is 0 Å². The molecular formula is C15H16O2. The lowest BCUT2D eigenvalue weighted by Crippen LogP contribution is -1.89. The van der Waals surface area contributed by atoms with Gasteiger partial charge in [-0.2, -0.15) is 0 Å². The van der Waals surface area contributed by atoms with Crippen LogP contribution in [0.1, 0.15) is 11.1 Å². The summed E-state index contributed by atoms with van der Waals surface area (Å²) in [7, 11) is 1.67. The highest BCUT2D eigenvalue weighted by Gasteiger charge is 2.08. The number of phenols is 1. The standard InChI is InChI=1S/C15H16O2/c1-10-8-12(9-11(2)15(10)16)13-6-4-5-7-14(13)17-3/h4-9,16H,1-3H3. The first kappa shape index (κ1) is 11.5. The quantitative estimate of drug-likeness (QED) is 0.849. The third kappa shape index (κ3) is 2.11. The summed E-state index contributed by atoms with van der Waals surface area (Å²) in [4.78, 5) is 0. The van der Waals surface area contributed by atoms with Crippen LogP contribution in [0.3, 0.4) is 0 Å². The molecule has 2 nitrogen and oxygen atoms in total. The Balaban J connectivity index is 2.61. The predicted octanol–water partition coefficient (Wildman–Crippen LogP) is 3.68. The summed E-state index contributed by atoms with van der Waals surface area (Å²) in [5.74, 6) is 1.21. The summed E-state index contributed by atoms with van der Waals surface area (Å²) in [6.45, 7) is 3.81. The Labute approximate surface area is 101 Å². The first-order valence-corrected chi connectivity index (χ1v) is 5.57. The summed E-state index contributed by atoms with van der Waals surface area (Å²) in [5.41, 5.74) is 3.87. The van der Waals surface area contributed by atoms with Gasteiger partial charge in [0.25, 0.3) is 0 Å². The fourth-order valence-electron chi connectivity index (χ4n) is 1.99. The summed E-state index contributed by atoms with van der Waals surface area (Å²) >= 11 is 0. The smallest absolute Gasteiger partial charge is 0.126 e. The van der Waals surface area contributed by atoms with Crippen molar-refractivity contribution in [1.29, 1.82) is 0 Å². The van der Waals surface area contributed by atoms with Crippen LogP contribution >= 0.6 is 0 Å². The van der Waals surface area contributed by atoms with E-state index in [0.29, 0.717) is 5.75 Å². The van der Waals surface area contributed by atoms with Crippen molar-refractivity contribution in [3.05, 3.63) is 47.5 Å². The maximum absolute atomic E-state index is 9.77. The molecule has 17 heavy (non-hydrogen) atoms. The van der Waals surface area contributed by atoms with E-state index in [-0.39, 0.29) is 0 Å². The van der Waals surface area contributed by atoms with E-state index < -0.39 is 0 Å². The van der Waals surface area contributed by atoms with Crippen molar-refractivity contribution in [2.24, 2.45) is 0 Å². The number of para-hydroxylation sites is 1. The Kier molecular flexibility index (Phi) is 3.05. The highest BCUT2D eigenvalue weighted by molar-refractivity contribution is 5.72. The lowest BCUT2D eigenvalue weighted by molar-refractivity contribution is 0.416. The van der Waals surface area contributed by atoms with E-state index in [1.165, 1.54) is 0 Å². The van der Waals surface area contributed by atoms with Crippen LogP contribution in [0.4, 0.5) is 0 Å². The number of aromatic hydroxyl groups is 1. The van der Waals surface area contributed by atoms with Gasteiger partial charge in [-0.15, -0.1) is 0 Å². The Bertz CT molecular complexity index is 521. The number of phenolic OH excluding ortho intramolecular Hbond substituents is 1. The molecule has 0 heterocycles. The van der Waals surface area contributed by atoms with Crippen LogP contribution in [0.15, 0.2) is 36.4 Å². The minimum Gasteiger partial charge on any atom is -0.507 e. The van der Waals surface area contributed by atoms with Gasteiger partial charge in [-0.05, 0) is 48.7 Å². The molecule has 0 spiro atoms. The van der Waals surface area contributed by atoms with Crippen LogP contribution < -0.4 is 4.74 Å². The molecule has 0 aliphatic heterocycles. The molecule has 0 amide bonds. The van der Waals surface area contributed by atoms with E-state index >= 15 is 0 Å². The van der Waals surface area contributed by atoms with E-state index in [0.717, 1.165) is 28.0 Å². The average Bonchev–Trinajstić information content (AvgIpc) is 2.35. The largest absolute Gasteiger partial charge is 0.507 e. The molecule has 0 fully saturated rings. The number of benzene rings is 2. The number of methoxy groups -OCH3 is 1. The molecule has 0 atom stereocenters. The van der Waals surface area contributed by atoms with Gasteiger partial charge in [0.05, 0.1) is 7.11 Å². The molecule has 0 aliphatic rings. The van der Waals surface area contributed by atoms with Gasteiger partial charge in [-0.25, -0.2) is 0 Å². The molecule has 1 N–H and O–H groups in total. The maximum Gasteiger partial charge on any atom is 0.126 e. The molecule has 0 unspecified atom stereocenters. The molecule has 0 bridgehead atoms. The molecule has 0 saturated heterocycles. The molecule has 0 saturated carbocycles. The Morgan fingerprint density at radius 2 is 1.59 bits per heavy atom. The number of aryl methyl sites for hydroxylation is 2. The zero-order chi connectivity index (χ0) is 12.4. The van der Waals surface area contributed by atoms with E-state index in [4.69, 9.17) is 4.74 Å². The van der Waals surface area contributed by atoms with Crippen molar-refractivity contribution < 1.29 is 9.84 Å². The van der Waals surface area contributed by atoms with Crippen molar-refractivity contribution in [3.63, 3.8) is 0 Å². The second-order valence-electron chi connectivity index (χ2n) is 4.16. The summed E-state index contributed by atoms with van der Waals surface area (Å²) < 4.78 is 5.35. The second-order valence-corrected chi connectivity index (χ2v) is 4.16. The first-order chi connectivity index (χ1) is 8.13. The van der Waals surface area contributed by atoms with Gasteiger partial charge < -0.3 is 9.84 Å². The molecule has 0 radical (unpaired) electrons. The zero-order valence-corrected chi connectivity index (χ0v) is 10.3. The minimum atomic E-state index is 0.364. The van der Waals surface area contributed by atoms with Crippen LogP contribution in [0.5, 0.6) is 11.5 Å². The van der Waals surface area contributed by atoms with Gasteiger partial charge in [0.1, 0.15) is 11.5 Å². The topological polar surface area (TPSA) is 29.5 Å². The maximum atomic E-state index is 9.77. The third-order valence-electron chi connectivity index (χ3n) is 2.91. The van der Waals surface area contributed by atoms with Crippen molar-refractivity contribution in [1.82, 2.24) is 0 Å². The van der Waals surface area contributed by atoms with Gasteiger partial charge in [-0.3, -0.25) is 0 Å². The Morgan fingerprint density at radius 1 is 1.00 bits per heavy atom. The van der Waals surface area contributed by atoms with Crippen molar-refractivity contribution in [2.75, 3.05) is 7.11 Å². The number of hydrogen-bond acceptors (Lipinski definition) is 2. The average molecular weight is 228 g/mol. The monoisotopic (exact) mass is 228 g/mol. The fourth-order valence-corrected chi connectivity index (χ4v) is 1.99. The lowest BCUT2D eigenvalue weighted by atomic mass is 9.99. The zero-order valence-electron chi connectivity index (χ0n) is 10.3. The van der Waals surface area contributed by atoms with E-state index in [2.05, 4.69) is 0 Å². The highest BCUT2D eigenvalue weighted by Crippen LogP contribution is 2.33. The van der Waals surface area contributed by atoms with E-state index in [1.54, 1.807) is 7.11 Å². The third-order valence-corrected chi connectivity index (χ3v) is 2.91. The molecular weight excluding hydrogens is 212 g/mol. The fraction of sp³-hybridized carbons (Fsp3) is 0.200. The van der Waals surface area contributed by atoms with Gasteiger partial charge in [0.15, 0.2) is 0 Å². The van der Waals surface area contributed by atoms with Crippen LogP contribution in [-0.4, -0.2) is 12.2 Å². The van der Waals surface area contributed by atoms with Crippen molar-refractivity contribution in [3.8, 4) is 22.6 Å². The number of rotatable bonds is 2. The molecule has 2 heteroatoms. The summed E-state index contributed by atoms with van der Waals surface area (Å²) in [6, 6.07) is 11.8. The van der Waals surface area contributed by atoms with Crippen molar-refractivity contribution in [2.45, 2.75) is 13.8 Å². The molecule has 88 valence electrons. The molecule has 2 rings (SSSR count). The van der Waals surface area contributed by atoms with Gasteiger partial charge in [0, 0.05) is 5.56 Å². The summed E-state index contributed by atoms with van der Waals surface area (Å²) in [6.07, 6.45) is 0. The minimum absolute atomic E-state index is 0.364. The SMILES string of the molecule is COc1ccccc1-c1cc(C)c(O)c(C)c1. The molecule has 2 aromatic carbocycles. The lowest BCUT2D eigenvalue weighted by Gasteiger charge is -2.11. The molecule has 0 aliphatic carbocycles. The highest BCUT2D eigenvalue weighted by atomic mass is 16.5. The van der Waals surface area contributed by atoms with Crippen LogP contribution in [-0.2, 0) is 0 Å². The first-order valence-electron chi connectivity index (χ1n) is 5.57. The van der Waals surface area contributed by atoms with Gasteiger partial charge >= 0.3 is 0 Å². The van der Waals surface area contributed by atoms with Crippen LogP contribution in [0.2, 0.25) is 0 Å². The van der Waals surface area contributed by atoms with Crippen LogP contribution in [0, 0.1) is 13.8 Å². The summed E-state index contributed by atoms with van der Waals surface area (Å²) in [5, 5.41) is 9.77.